The molecule has 9 heteroatoms. The molecule has 7 nitrogen and oxygen atoms in total. The van der Waals surface area contributed by atoms with E-state index >= 15 is 0 Å². The van der Waals surface area contributed by atoms with Crippen LogP contribution in [0.5, 0.6) is 0 Å². The summed E-state index contributed by atoms with van der Waals surface area (Å²) in [6.45, 7) is 0.363. The molecule has 33 heavy (non-hydrogen) atoms. The zero-order valence-electron chi connectivity index (χ0n) is 17.8. The van der Waals surface area contributed by atoms with Gasteiger partial charge in [0, 0.05) is 17.1 Å². The molecule has 1 aliphatic carbocycles. The zero-order valence-corrected chi connectivity index (χ0v) is 19.4. The fourth-order valence-corrected chi connectivity index (χ4v) is 6.94. The van der Waals surface area contributed by atoms with E-state index in [1.807, 2.05) is 30.3 Å². The average molecular weight is 482 g/mol. The highest BCUT2D eigenvalue weighted by atomic mass is 32.2. The maximum Gasteiger partial charge on any atom is 0.262 e. The number of benzene rings is 2. The predicted octanol–water partition coefficient (Wildman–Crippen LogP) is 3.85. The average Bonchev–Trinajstić information content (AvgIpc) is 3.36. The Kier molecular flexibility index (Phi) is 5.67. The van der Waals surface area contributed by atoms with Crippen molar-refractivity contribution in [2.75, 3.05) is 10.0 Å². The first kappa shape index (κ1) is 21.7. The van der Waals surface area contributed by atoms with Crippen molar-refractivity contribution < 1.29 is 18.0 Å². The second-order valence-electron chi connectivity index (χ2n) is 8.23. The van der Waals surface area contributed by atoms with E-state index in [1.54, 1.807) is 6.07 Å². The lowest BCUT2D eigenvalue weighted by Gasteiger charge is -2.14. The maximum absolute atomic E-state index is 13.2. The van der Waals surface area contributed by atoms with Crippen molar-refractivity contribution in [3.8, 4) is 0 Å². The van der Waals surface area contributed by atoms with Gasteiger partial charge in [0.2, 0.25) is 5.91 Å². The van der Waals surface area contributed by atoms with Crippen LogP contribution in [0.25, 0.3) is 0 Å². The molecule has 0 unspecified atom stereocenters. The van der Waals surface area contributed by atoms with Crippen molar-refractivity contribution in [3.05, 3.63) is 75.7 Å². The van der Waals surface area contributed by atoms with E-state index in [2.05, 4.69) is 15.4 Å². The fraction of sp³-hybridized carbons (Fsp3) is 0.250. The Labute approximate surface area is 196 Å². The third kappa shape index (κ3) is 4.38. The number of anilines is 2. The Hall–Kier alpha value is -3.17. The smallest absolute Gasteiger partial charge is 0.262 e. The van der Waals surface area contributed by atoms with Gasteiger partial charge in [0.05, 0.1) is 16.9 Å². The van der Waals surface area contributed by atoms with Crippen LogP contribution in [0.1, 0.15) is 44.8 Å². The third-order valence-corrected chi connectivity index (χ3v) is 8.62. The molecule has 2 aromatic carbocycles. The van der Waals surface area contributed by atoms with Crippen molar-refractivity contribution in [1.29, 1.82) is 0 Å². The van der Waals surface area contributed by atoms with E-state index in [9.17, 15) is 18.0 Å². The Morgan fingerprint density at radius 1 is 1.06 bits per heavy atom. The van der Waals surface area contributed by atoms with Crippen LogP contribution < -0.4 is 15.4 Å². The van der Waals surface area contributed by atoms with Gasteiger partial charge >= 0.3 is 0 Å². The van der Waals surface area contributed by atoms with Gasteiger partial charge in [-0.1, -0.05) is 30.3 Å². The summed E-state index contributed by atoms with van der Waals surface area (Å²) in [5, 5.41) is 6.00. The second-order valence-corrected chi connectivity index (χ2v) is 11.0. The Balaban J connectivity index is 1.44. The number of nitrogens with one attached hydrogen (secondary N) is 3. The molecule has 1 aromatic heterocycles. The lowest BCUT2D eigenvalue weighted by atomic mass is 9.95. The molecule has 2 amide bonds. The minimum absolute atomic E-state index is 0.0692. The SMILES string of the molecule is O=C1Cc2cc(S(=O)(=O)Nc3sc4c(c3C(=O)NCc3ccccc3)CCCC4)ccc2N1. The largest absolute Gasteiger partial charge is 0.348 e. The minimum Gasteiger partial charge on any atom is -0.348 e. The number of hydrogen-bond donors (Lipinski definition) is 3. The Morgan fingerprint density at radius 2 is 1.85 bits per heavy atom. The standard InChI is InChI=1S/C24H23N3O4S2/c28-21-13-16-12-17(10-11-19(16)26-21)33(30,31)27-24-22(18-8-4-5-9-20(18)32-24)23(29)25-14-15-6-2-1-3-7-15/h1-3,6-7,10-12,27H,4-5,8-9,13-14H2,(H,25,29)(H,26,28). The van der Waals surface area contributed by atoms with E-state index < -0.39 is 10.0 Å². The van der Waals surface area contributed by atoms with Crippen LogP contribution in [-0.2, 0) is 40.6 Å². The summed E-state index contributed by atoms with van der Waals surface area (Å²) >= 11 is 1.34. The quantitative estimate of drug-likeness (QED) is 0.497. The highest BCUT2D eigenvalue weighted by Crippen LogP contribution is 2.39. The van der Waals surface area contributed by atoms with Crippen LogP contribution in [0.2, 0.25) is 0 Å². The van der Waals surface area contributed by atoms with Gasteiger partial charge in [-0.3, -0.25) is 14.3 Å². The summed E-state index contributed by atoms with van der Waals surface area (Å²) in [6, 6.07) is 14.2. The van der Waals surface area contributed by atoms with E-state index in [4.69, 9.17) is 0 Å². The van der Waals surface area contributed by atoms with Crippen molar-refractivity contribution in [2.24, 2.45) is 0 Å². The van der Waals surface area contributed by atoms with Gasteiger partial charge in [-0.25, -0.2) is 8.42 Å². The van der Waals surface area contributed by atoms with Crippen molar-refractivity contribution in [2.45, 2.75) is 43.5 Å². The van der Waals surface area contributed by atoms with E-state index in [1.165, 1.54) is 23.5 Å². The first-order valence-electron chi connectivity index (χ1n) is 10.8. The molecule has 3 N–H and O–H groups in total. The molecular formula is C24H23N3O4S2. The summed E-state index contributed by atoms with van der Waals surface area (Å²) in [5.74, 6) is -0.435. The number of carbonyl (C=O) groups excluding carboxylic acids is 2. The molecule has 3 aromatic rings. The lowest BCUT2D eigenvalue weighted by molar-refractivity contribution is -0.115. The fourth-order valence-electron chi connectivity index (χ4n) is 4.30. The number of hydrogen-bond acceptors (Lipinski definition) is 5. The minimum atomic E-state index is -3.93. The highest BCUT2D eigenvalue weighted by Gasteiger charge is 2.29. The van der Waals surface area contributed by atoms with Gasteiger partial charge in [0.1, 0.15) is 5.00 Å². The van der Waals surface area contributed by atoms with Crippen LogP contribution in [0.3, 0.4) is 0 Å². The number of amides is 2. The maximum atomic E-state index is 13.2. The van der Waals surface area contributed by atoms with E-state index in [0.29, 0.717) is 28.4 Å². The van der Waals surface area contributed by atoms with Crippen LogP contribution in [0.4, 0.5) is 10.7 Å². The molecular weight excluding hydrogens is 458 g/mol. The van der Waals surface area contributed by atoms with Crippen molar-refractivity contribution >= 4 is 43.9 Å². The molecule has 0 spiro atoms. The molecule has 0 atom stereocenters. The summed E-state index contributed by atoms with van der Waals surface area (Å²) in [5.41, 5.74) is 3.62. The van der Waals surface area contributed by atoms with E-state index in [0.717, 1.165) is 41.7 Å². The topological polar surface area (TPSA) is 104 Å². The Bertz CT molecular complexity index is 1350. The summed E-state index contributed by atoms with van der Waals surface area (Å²) < 4.78 is 29.1. The predicted molar refractivity (Wildman–Crippen MR) is 128 cm³/mol. The highest BCUT2D eigenvalue weighted by molar-refractivity contribution is 7.93. The van der Waals surface area contributed by atoms with Crippen LogP contribution in [-0.4, -0.2) is 20.2 Å². The number of rotatable bonds is 6. The molecule has 2 heterocycles. The second kappa shape index (κ2) is 8.64. The van der Waals surface area contributed by atoms with Crippen LogP contribution >= 0.6 is 11.3 Å². The lowest BCUT2D eigenvalue weighted by Crippen LogP contribution is -2.25. The first-order chi connectivity index (χ1) is 15.9. The van der Waals surface area contributed by atoms with Crippen LogP contribution in [0.15, 0.2) is 53.4 Å². The summed E-state index contributed by atoms with van der Waals surface area (Å²) in [4.78, 5) is 26.0. The van der Waals surface area contributed by atoms with Crippen molar-refractivity contribution in [1.82, 2.24) is 5.32 Å². The molecule has 170 valence electrons. The molecule has 0 saturated carbocycles. The number of sulfonamides is 1. The normalized spacial score (nSPS) is 14.8. The summed E-state index contributed by atoms with van der Waals surface area (Å²) in [6.07, 6.45) is 3.75. The molecule has 0 fully saturated rings. The number of fused-ring (bicyclic) bond motifs is 2. The van der Waals surface area contributed by atoms with Gasteiger partial charge in [-0.15, -0.1) is 11.3 Å². The van der Waals surface area contributed by atoms with Gasteiger partial charge in [-0.2, -0.15) is 0 Å². The molecule has 0 radical (unpaired) electrons. The molecule has 2 aliphatic rings. The summed E-state index contributed by atoms with van der Waals surface area (Å²) in [7, 11) is -3.93. The zero-order chi connectivity index (χ0) is 23.0. The third-order valence-electron chi connectivity index (χ3n) is 5.93. The molecule has 1 aliphatic heterocycles. The van der Waals surface area contributed by atoms with Gasteiger partial charge in [0.25, 0.3) is 15.9 Å². The van der Waals surface area contributed by atoms with E-state index in [-0.39, 0.29) is 23.1 Å². The monoisotopic (exact) mass is 481 g/mol. The number of carbonyl (C=O) groups is 2. The van der Waals surface area contributed by atoms with Crippen molar-refractivity contribution in [3.63, 3.8) is 0 Å². The van der Waals surface area contributed by atoms with Gasteiger partial charge < -0.3 is 10.6 Å². The first-order valence-corrected chi connectivity index (χ1v) is 13.1. The van der Waals surface area contributed by atoms with Gasteiger partial charge in [-0.05, 0) is 60.6 Å². The number of aryl methyl sites for hydroxylation is 1. The van der Waals surface area contributed by atoms with Crippen LogP contribution in [0, 0.1) is 0 Å². The molecule has 0 bridgehead atoms. The molecule has 0 saturated heterocycles. The molecule has 5 rings (SSSR count). The van der Waals surface area contributed by atoms with Gasteiger partial charge in [0.15, 0.2) is 0 Å². The Morgan fingerprint density at radius 3 is 2.67 bits per heavy atom. The number of thiophene rings is 1.